The van der Waals surface area contributed by atoms with Crippen molar-refractivity contribution in [2.45, 2.75) is 206 Å². The minimum absolute atomic E-state index is 0. The van der Waals surface area contributed by atoms with Gasteiger partial charge in [0, 0.05) is 38.5 Å². The van der Waals surface area contributed by atoms with Crippen LogP contribution in [-0.4, -0.2) is 61.3 Å². The Balaban J connectivity index is 0.00000924. The van der Waals surface area contributed by atoms with Gasteiger partial charge in [-0.1, -0.05) is 142 Å². The predicted octanol–water partition coefficient (Wildman–Crippen LogP) is 6.40. The van der Waals surface area contributed by atoms with Gasteiger partial charge in [-0.15, -0.1) is 0 Å². The summed E-state index contributed by atoms with van der Waals surface area (Å²) in [6.45, 7) is 16.6. The van der Waals surface area contributed by atoms with Crippen LogP contribution in [0.15, 0.2) is 0 Å². The standard InChI is InChI=1S/C40H82N2.2BrH/c1-3-5-7-9-11-13-15-17-19-21-23-25-33-41(35-27-28-36-41)39-31-32-40-42(37-29-30-38-42)34-26-24-22-20-18-16-14-12-10-8-6-4-2;;/h3-40H2,1-2H3;2*1H/q+2;;/p-2. The monoisotopic (exact) mass is 748 g/mol. The summed E-state index contributed by atoms with van der Waals surface area (Å²) >= 11 is 0. The molecule has 2 aliphatic heterocycles. The molecule has 0 atom stereocenters. The van der Waals surface area contributed by atoms with E-state index in [-0.39, 0.29) is 34.0 Å². The molecule has 0 N–H and O–H groups in total. The van der Waals surface area contributed by atoms with Crippen LogP contribution in [0.2, 0.25) is 0 Å². The topological polar surface area (TPSA) is 0 Å². The van der Waals surface area contributed by atoms with E-state index in [1.54, 1.807) is 0 Å². The molecule has 0 aromatic carbocycles. The molecule has 44 heavy (non-hydrogen) atoms. The van der Waals surface area contributed by atoms with Crippen molar-refractivity contribution in [2.24, 2.45) is 0 Å². The molecule has 4 heteroatoms. The molecule has 0 spiro atoms. The van der Waals surface area contributed by atoms with E-state index in [0.717, 1.165) is 0 Å². The highest BCUT2D eigenvalue weighted by atomic mass is 79.9. The van der Waals surface area contributed by atoms with Crippen LogP contribution in [0.4, 0.5) is 0 Å². The van der Waals surface area contributed by atoms with Gasteiger partial charge in [-0.2, -0.15) is 0 Å². The first-order valence-electron chi connectivity index (χ1n) is 20.4. The van der Waals surface area contributed by atoms with Crippen molar-refractivity contribution in [3.05, 3.63) is 0 Å². The fourth-order valence-electron chi connectivity index (χ4n) is 8.60. The van der Waals surface area contributed by atoms with Crippen molar-refractivity contribution in [3.8, 4) is 0 Å². The van der Waals surface area contributed by atoms with Gasteiger partial charge in [0.15, 0.2) is 0 Å². The fourth-order valence-corrected chi connectivity index (χ4v) is 8.60. The van der Waals surface area contributed by atoms with E-state index in [0.29, 0.717) is 0 Å². The Labute approximate surface area is 300 Å². The zero-order chi connectivity index (χ0) is 29.9. The van der Waals surface area contributed by atoms with Crippen LogP contribution in [0.1, 0.15) is 206 Å². The normalized spacial score (nSPS) is 17.0. The number of likely N-dealkylation sites (tertiary alicyclic amines) is 2. The minimum Gasteiger partial charge on any atom is -1.00 e. The molecule has 2 fully saturated rings. The summed E-state index contributed by atoms with van der Waals surface area (Å²) in [6, 6.07) is 0. The van der Waals surface area contributed by atoms with Crippen molar-refractivity contribution in [2.75, 3.05) is 52.4 Å². The average Bonchev–Trinajstić information content (AvgIpc) is 3.67. The summed E-state index contributed by atoms with van der Waals surface area (Å²) in [5.74, 6) is 0. The smallest absolute Gasteiger partial charge is 0.0788 e. The molecule has 2 heterocycles. The molecule has 266 valence electrons. The highest BCUT2D eigenvalue weighted by Gasteiger charge is 2.33. The number of rotatable bonds is 31. The van der Waals surface area contributed by atoms with Gasteiger partial charge in [0.1, 0.15) is 0 Å². The molecule has 0 unspecified atom stereocenters. The maximum Gasteiger partial charge on any atom is 0.0788 e. The van der Waals surface area contributed by atoms with Gasteiger partial charge in [-0.25, -0.2) is 0 Å². The Morgan fingerprint density at radius 3 is 0.682 bits per heavy atom. The molecule has 0 aromatic rings. The van der Waals surface area contributed by atoms with Gasteiger partial charge in [0.25, 0.3) is 0 Å². The lowest BCUT2D eigenvalue weighted by Gasteiger charge is -2.37. The second-order valence-electron chi connectivity index (χ2n) is 15.4. The molecule has 0 aliphatic carbocycles. The summed E-state index contributed by atoms with van der Waals surface area (Å²) in [5.41, 5.74) is 0. The molecule has 0 aromatic heterocycles. The summed E-state index contributed by atoms with van der Waals surface area (Å²) < 4.78 is 2.99. The Kier molecular flexibility index (Phi) is 31.8. The average molecular weight is 751 g/mol. The van der Waals surface area contributed by atoms with Crippen molar-refractivity contribution < 1.29 is 42.9 Å². The zero-order valence-electron chi connectivity index (χ0n) is 30.5. The van der Waals surface area contributed by atoms with Crippen molar-refractivity contribution >= 4 is 0 Å². The number of unbranched alkanes of at least 4 members (excludes halogenated alkanes) is 23. The SMILES string of the molecule is CCCCCCCCCCCCCC[N+]1(CCCC[N+]2(CCCCCCCCCCCCCC)CCCC2)CCCC1.[Br-].[Br-]. The Hall–Kier alpha value is 0.880. The zero-order valence-corrected chi connectivity index (χ0v) is 33.7. The van der Waals surface area contributed by atoms with Crippen LogP contribution in [-0.2, 0) is 0 Å². The molecular formula is C40H82Br2N2. The molecule has 2 nitrogen and oxygen atoms in total. The molecular weight excluding hydrogens is 668 g/mol. The molecule has 0 saturated carbocycles. The maximum atomic E-state index is 2.32. The maximum absolute atomic E-state index is 2.32. The molecule has 0 radical (unpaired) electrons. The van der Waals surface area contributed by atoms with Gasteiger partial charge in [-0.05, 0) is 25.7 Å². The van der Waals surface area contributed by atoms with Gasteiger partial charge in [0.05, 0.1) is 52.4 Å². The van der Waals surface area contributed by atoms with Crippen LogP contribution >= 0.6 is 0 Å². The highest BCUT2D eigenvalue weighted by Crippen LogP contribution is 2.25. The minimum atomic E-state index is 0. The van der Waals surface area contributed by atoms with Gasteiger partial charge in [-0.3, -0.25) is 0 Å². The van der Waals surface area contributed by atoms with Crippen LogP contribution in [0, 0.1) is 0 Å². The number of halogens is 2. The fraction of sp³-hybridized carbons (Fsp3) is 1.00. The summed E-state index contributed by atoms with van der Waals surface area (Å²) in [5, 5.41) is 0. The Bertz CT molecular complexity index is 522. The molecule has 0 amide bonds. The Morgan fingerprint density at radius 2 is 0.455 bits per heavy atom. The lowest BCUT2D eigenvalue weighted by atomic mass is 10.0. The summed E-state index contributed by atoms with van der Waals surface area (Å²) in [6.07, 6.45) is 44.4. The van der Waals surface area contributed by atoms with Gasteiger partial charge < -0.3 is 42.9 Å². The first kappa shape index (κ1) is 44.9. The van der Waals surface area contributed by atoms with E-state index >= 15 is 0 Å². The first-order chi connectivity index (χ1) is 20.7. The van der Waals surface area contributed by atoms with Crippen LogP contribution in [0.5, 0.6) is 0 Å². The second-order valence-corrected chi connectivity index (χ2v) is 15.4. The third kappa shape index (κ3) is 22.4. The van der Waals surface area contributed by atoms with Crippen molar-refractivity contribution in [3.63, 3.8) is 0 Å². The van der Waals surface area contributed by atoms with Crippen LogP contribution in [0.25, 0.3) is 0 Å². The van der Waals surface area contributed by atoms with E-state index < -0.39 is 0 Å². The van der Waals surface area contributed by atoms with E-state index in [1.165, 1.54) is 254 Å². The molecule has 0 bridgehead atoms. The second kappa shape index (κ2) is 31.2. The molecule has 2 aliphatic rings. The number of nitrogens with zero attached hydrogens (tertiary/aromatic N) is 2. The van der Waals surface area contributed by atoms with Crippen LogP contribution in [0.3, 0.4) is 0 Å². The van der Waals surface area contributed by atoms with E-state index in [2.05, 4.69) is 13.8 Å². The van der Waals surface area contributed by atoms with Gasteiger partial charge in [0.2, 0.25) is 0 Å². The Morgan fingerprint density at radius 1 is 0.273 bits per heavy atom. The third-order valence-corrected chi connectivity index (χ3v) is 11.5. The lowest BCUT2D eigenvalue weighted by molar-refractivity contribution is -0.923. The lowest BCUT2D eigenvalue weighted by Crippen LogP contribution is -3.00. The quantitative estimate of drug-likeness (QED) is 0.0569. The van der Waals surface area contributed by atoms with E-state index in [9.17, 15) is 0 Å². The van der Waals surface area contributed by atoms with Crippen molar-refractivity contribution in [1.82, 2.24) is 0 Å². The predicted molar refractivity (Wildman–Crippen MR) is 189 cm³/mol. The number of hydrogen-bond donors (Lipinski definition) is 0. The number of quaternary nitrogens is 2. The number of hydrogen-bond acceptors (Lipinski definition) is 0. The van der Waals surface area contributed by atoms with E-state index in [1.807, 2.05) is 0 Å². The van der Waals surface area contributed by atoms with Crippen molar-refractivity contribution in [1.29, 1.82) is 0 Å². The summed E-state index contributed by atoms with van der Waals surface area (Å²) in [4.78, 5) is 0. The van der Waals surface area contributed by atoms with Crippen LogP contribution < -0.4 is 34.0 Å². The van der Waals surface area contributed by atoms with E-state index in [4.69, 9.17) is 0 Å². The summed E-state index contributed by atoms with van der Waals surface area (Å²) in [7, 11) is 0. The highest BCUT2D eigenvalue weighted by molar-refractivity contribution is 4.60. The van der Waals surface area contributed by atoms with Gasteiger partial charge >= 0.3 is 0 Å². The first-order valence-corrected chi connectivity index (χ1v) is 20.4. The molecule has 2 saturated heterocycles. The largest absolute Gasteiger partial charge is 1.00 e. The molecule has 2 rings (SSSR count). The third-order valence-electron chi connectivity index (χ3n) is 11.5.